The third-order valence-corrected chi connectivity index (χ3v) is 5.72. The van der Waals surface area contributed by atoms with Gasteiger partial charge < -0.3 is 9.73 Å². The molecule has 4 aromatic rings. The third-order valence-electron chi connectivity index (χ3n) is 4.81. The van der Waals surface area contributed by atoms with E-state index in [4.69, 9.17) is 4.42 Å². The van der Waals surface area contributed by atoms with Crippen LogP contribution in [0.3, 0.4) is 0 Å². The largest absolute Gasteiger partial charge is 0.459 e. The van der Waals surface area contributed by atoms with Crippen LogP contribution in [-0.2, 0) is 17.6 Å². The highest BCUT2D eigenvalue weighted by atomic mass is 32.1. The van der Waals surface area contributed by atoms with E-state index in [1.54, 1.807) is 0 Å². The Morgan fingerprint density at radius 1 is 1.17 bits per heavy atom. The van der Waals surface area contributed by atoms with E-state index >= 15 is 0 Å². The molecule has 0 aliphatic carbocycles. The van der Waals surface area contributed by atoms with E-state index in [9.17, 15) is 4.79 Å². The molecule has 0 bridgehead atoms. The van der Waals surface area contributed by atoms with Gasteiger partial charge in [-0.3, -0.25) is 4.79 Å². The molecule has 30 heavy (non-hydrogen) atoms. The summed E-state index contributed by atoms with van der Waals surface area (Å²) in [5, 5.41) is 10.3. The van der Waals surface area contributed by atoms with Crippen molar-refractivity contribution in [2.45, 2.75) is 33.1 Å². The molecule has 0 fully saturated rings. The van der Waals surface area contributed by atoms with Crippen molar-refractivity contribution in [1.29, 1.82) is 0 Å². The van der Waals surface area contributed by atoms with Crippen LogP contribution in [0.15, 0.2) is 58.5 Å². The highest BCUT2D eigenvalue weighted by Gasteiger charge is 2.11. The van der Waals surface area contributed by atoms with Crippen molar-refractivity contribution < 1.29 is 9.21 Å². The highest BCUT2D eigenvalue weighted by Crippen LogP contribution is 2.25. The van der Waals surface area contributed by atoms with E-state index in [0.717, 1.165) is 46.4 Å². The van der Waals surface area contributed by atoms with Crippen LogP contribution >= 0.6 is 11.3 Å². The van der Waals surface area contributed by atoms with E-state index in [2.05, 4.69) is 21.6 Å². The predicted octanol–water partition coefficient (Wildman–Crippen LogP) is 4.50. The number of amides is 1. The first-order chi connectivity index (χ1) is 14.6. The molecule has 3 heterocycles. The minimum absolute atomic E-state index is 0.0146. The highest BCUT2D eigenvalue weighted by molar-refractivity contribution is 7.13. The fraction of sp³-hybridized carbons (Fsp3) is 0.261. The number of nitrogens with one attached hydrogen (secondary N) is 1. The molecule has 1 N–H and O–H groups in total. The quantitative estimate of drug-likeness (QED) is 0.426. The van der Waals surface area contributed by atoms with Gasteiger partial charge in [0.05, 0.1) is 23.5 Å². The molecule has 0 saturated heterocycles. The second-order valence-electron chi connectivity index (χ2n) is 7.20. The van der Waals surface area contributed by atoms with Crippen molar-refractivity contribution in [1.82, 2.24) is 20.1 Å². The summed E-state index contributed by atoms with van der Waals surface area (Å²) in [6, 6.07) is 13.9. The Kier molecular flexibility index (Phi) is 6.09. The van der Waals surface area contributed by atoms with Crippen molar-refractivity contribution in [2.24, 2.45) is 0 Å². The maximum atomic E-state index is 12.2. The molecule has 0 spiro atoms. The molecule has 3 aromatic heterocycles. The average molecular weight is 421 g/mol. The van der Waals surface area contributed by atoms with Gasteiger partial charge in [0.2, 0.25) is 5.91 Å². The van der Waals surface area contributed by atoms with Crippen LogP contribution in [0, 0.1) is 13.8 Å². The Balaban J connectivity index is 1.24. The molecule has 0 saturated carbocycles. The number of hydrogen-bond acceptors (Lipinski definition) is 5. The zero-order valence-electron chi connectivity index (χ0n) is 17.1. The molecular formula is C23H24N4O2S. The van der Waals surface area contributed by atoms with Gasteiger partial charge in [0.1, 0.15) is 5.76 Å². The van der Waals surface area contributed by atoms with Crippen LogP contribution < -0.4 is 5.32 Å². The Labute approximate surface area is 179 Å². The smallest absolute Gasteiger partial charge is 0.226 e. The predicted molar refractivity (Wildman–Crippen MR) is 118 cm³/mol. The SMILES string of the molecule is Cc1ccc(-c2nc(CC(=O)NCCCc3cn(-c4ccccc4)nc3C)cs2)o1. The fourth-order valence-corrected chi connectivity index (χ4v) is 4.02. The summed E-state index contributed by atoms with van der Waals surface area (Å²) >= 11 is 1.49. The van der Waals surface area contributed by atoms with Crippen molar-refractivity contribution >= 4 is 17.2 Å². The van der Waals surface area contributed by atoms with Crippen molar-refractivity contribution in [3.63, 3.8) is 0 Å². The Morgan fingerprint density at radius 2 is 2.00 bits per heavy atom. The zero-order chi connectivity index (χ0) is 20.9. The number of rotatable bonds is 8. The van der Waals surface area contributed by atoms with Crippen LogP contribution in [0.1, 0.15) is 29.1 Å². The number of para-hydroxylation sites is 1. The molecule has 6 nitrogen and oxygen atoms in total. The minimum atomic E-state index is -0.0146. The summed E-state index contributed by atoms with van der Waals surface area (Å²) in [7, 11) is 0. The topological polar surface area (TPSA) is 73.0 Å². The summed E-state index contributed by atoms with van der Waals surface area (Å²) in [4.78, 5) is 16.7. The first-order valence-electron chi connectivity index (χ1n) is 9.97. The molecule has 0 radical (unpaired) electrons. The van der Waals surface area contributed by atoms with E-state index in [0.29, 0.717) is 6.54 Å². The molecule has 0 unspecified atom stereocenters. The van der Waals surface area contributed by atoms with Crippen molar-refractivity contribution in [3.05, 3.63) is 76.8 Å². The van der Waals surface area contributed by atoms with Crippen LogP contribution in [0.4, 0.5) is 0 Å². The third kappa shape index (κ3) is 4.86. The van der Waals surface area contributed by atoms with Crippen LogP contribution in [0.5, 0.6) is 0 Å². The first kappa shape index (κ1) is 20.1. The summed E-state index contributed by atoms with van der Waals surface area (Å²) < 4.78 is 7.50. The molecule has 4 rings (SSSR count). The zero-order valence-corrected chi connectivity index (χ0v) is 17.9. The normalized spacial score (nSPS) is 11.0. The van der Waals surface area contributed by atoms with Gasteiger partial charge in [0.15, 0.2) is 10.8 Å². The molecule has 0 aliphatic heterocycles. The number of furan rings is 1. The lowest BCUT2D eigenvalue weighted by Crippen LogP contribution is -2.26. The van der Waals surface area contributed by atoms with Crippen LogP contribution in [0.2, 0.25) is 0 Å². The van der Waals surface area contributed by atoms with E-state index in [-0.39, 0.29) is 12.3 Å². The maximum Gasteiger partial charge on any atom is 0.226 e. The Morgan fingerprint density at radius 3 is 2.77 bits per heavy atom. The van der Waals surface area contributed by atoms with Gasteiger partial charge in [-0.15, -0.1) is 11.3 Å². The lowest BCUT2D eigenvalue weighted by atomic mass is 10.1. The van der Waals surface area contributed by atoms with Gasteiger partial charge in [-0.2, -0.15) is 5.10 Å². The number of aryl methyl sites for hydroxylation is 3. The minimum Gasteiger partial charge on any atom is -0.459 e. The molecule has 154 valence electrons. The molecule has 7 heteroatoms. The lowest BCUT2D eigenvalue weighted by molar-refractivity contribution is -0.120. The van der Waals surface area contributed by atoms with Gasteiger partial charge in [-0.05, 0) is 56.5 Å². The Bertz CT molecular complexity index is 1130. The first-order valence-corrected chi connectivity index (χ1v) is 10.8. The van der Waals surface area contributed by atoms with Gasteiger partial charge in [-0.1, -0.05) is 18.2 Å². The summed E-state index contributed by atoms with van der Waals surface area (Å²) in [5.41, 5.74) is 4.04. The van der Waals surface area contributed by atoms with Crippen LogP contribution in [0.25, 0.3) is 16.5 Å². The Hall–Kier alpha value is -3.19. The second-order valence-corrected chi connectivity index (χ2v) is 8.06. The van der Waals surface area contributed by atoms with Gasteiger partial charge >= 0.3 is 0 Å². The molecule has 0 atom stereocenters. The van der Waals surface area contributed by atoms with Crippen molar-refractivity contribution in [3.8, 4) is 16.5 Å². The number of nitrogens with zero attached hydrogens (tertiary/aromatic N) is 3. The number of hydrogen-bond donors (Lipinski definition) is 1. The molecular weight excluding hydrogens is 396 g/mol. The summed E-state index contributed by atoms with van der Waals surface area (Å²) in [6.45, 7) is 4.55. The monoisotopic (exact) mass is 420 g/mol. The number of carbonyl (C=O) groups excluding carboxylic acids is 1. The van der Waals surface area contributed by atoms with Gasteiger partial charge in [-0.25, -0.2) is 9.67 Å². The molecule has 1 amide bonds. The lowest BCUT2D eigenvalue weighted by Gasteiger charge is -2.04. The second kappa shape index (κ2) is 9.09. The standard InChI is InChI=1S/C23H24N4O2S/c1-16-10-11-21(29-16)23-25-19(15-30-23)13-22(28)24-12-6-7-18-14-27(26-17(18)2)20-8-4-3-5-9-20/h3-5,8-11,14-15H,6-7,12-13H2,1-2H3,(H,24,28). The average Bonchev–Trinajstić information content (AvgIpc) is 3.46. The summed E-state index contributed by atoms with van der Waals surface area (Å²) in [5.74, 6) is 1.58. The number of carbonyl (C=O) groups is 1. The van der Waals surface area contributed by atoms with E-state index in [1.165, 1.54) is 16.9 Å². The molecule has 0 aliphatic rings. The number of benzene rings is 1. The van der Waals surface area contributed by atoms with E-state index in [1.807, 2.05) is 66.4 Å². The fourth-order valence-electron chi connectivity index (χ4n) is 3.24. The summed E-state index contributed by atoms with van der Waals surface area (Å²) in [6.07, 6.45) is 4.08. The van der Waals surface area contributed by atoms with Gasteiger partial charge in [0, 0.05) is 18.1 Å². The van der Waals surface area contributed by atoms with Crippen LogP contribution in [-0.4, -0.2) is 27.2 Å². The van der Waals surface area contributed by atoms with Crippen molar-refractivity contribution in [2.75, 3.05) is 6.54 Å². The van der Waals surface area contributed by atoms with Gasteiger partial charge in [0.25, 0.3) is 0 Å². The van der Waals surface area contributed by atoms with E-state index < -0.39 is 0 Å². The number of thiazole rings is 1. The molecule has 1 aromatic carbocycles. The number of aromatic nitrogens is 3. The maximum absolute atomic E-state index is 12.2.